The van der Waals surface area contributed by atoms with E-state index >= 15 is 0 Å². The van der Waals surface area contributed by atoms with Gasteiger partial charge in [0, 0.05) is 29.5 Å². The Morgan fingerprint density at radius 3 is 2.53 bits per heavy atom. The lowest BCUT2D eigenvalue weighted by atomic mass is 9.77. The van der Waals surface area contributed by atoms with Crippen LogP contribution in [0.3, 0.4) is 0 Å². The summed E-state index contributed by atoms with van der Waals surface area (Å²) in [5, 5.41) is 17.8. The van der Waals surface area contributed by atoms with Gasteiger partial charge in [-0.1, -0.05) is 18.1 Å². The van der Waals surface area contributed by atoms with Crippen molar-refractivity contribution < 1.29 is 45.8 Å². The normalized spacial score (nSPS) is 24.5. The summed E-state index contributed by atoms with van der Waals surface area (Å²) in [5.41, 5.74) is 2.42. The van der Waals surface area contributed by atoms with Gasteiger partial charge in [-0.2, -0.15) is 22.3 Å². The molecule has 1 aliphatic rings. The molecule has 1 aromatic carbocycles. The van der Waals surface area contributed by atoms with Gasteiger partial charge in [0.25, 0.3) is 11.6 Å². The highest BCUT2D eigenvalue weighted by atomic mass is 19.4. The van der Waals surface area contributed by atoms with Crippen LogP contribution >= 0.6 is 0 Å². The molecule has 0 radical (unpaired) electrons. The topological polar surface area (TPSA) is 122 Å². The number of amides is 1. The molecule has 3 N–H and O–H groups in total. The smallest absolute Gasteiger partial charge is 0.417 e. The fraction of sp³-hybridized carbons (Fsp3) is 0.409. The number of nitrogens with zero attached hydrogens (tertiary/aromatic N) is 2. The van der Waals surface area contributed by atoms with Gasteiger partial charge in [-0.15, -0.1) is 0 Å². The summed E-state index contributed by atoms with van der Waals surface area (Å²) in [6.07, 6.45) is -5.74. The number of carbonyl (C=O) groups is 1. The molecule has 0 bridgehead atoms. The lowest BCUT2D eigenvalue weighted by Crippen LogP contribution is -2.47. The number of amidine groups is 1. The Labute approximate surface area is 202 Å². The van der Waals surface area contributed by atoms with Gasteiger partial charge in [0.05, 0.1) is 12.8 Å². The standard InChI is InChI=1S/C22H23F5N4O5/c1-10-15(12-5-6-13(23)16(24)17(12)34-3)18(36-21(10,2)22(25,26)27)20(32)29-11-7-8-31(33)14(9-11)19(28)30-35-4/h5-10,15,18H,1-4H3,(H2,28,30)(H,29,32)/t10-,15-,18+,21+/m0/s1. The van der Waals surface area contributed by atoms with Gasteiger partial charge in [-0.3, -0.25) is 4.79 Å². The van der Waals surface area contributed by atoms with Crippen molar-refractivity contribution in [1.29, 1.82) is 0 Å². The number of carbonyl (C=O) groups excluding carboxylic acids is 1. The van der Waals surface area contributed by atoms with E-state index in [0.717, 1.165) is 38.4 Å². The summed E-state index contributed by atoms with van der Waals surface area (Å²) in [6, 6.07) is 4.07. The quantitative estimate of drug-likeness (QED) is 0.151. The molecule has 4 atom stereocenters. The Morgan fingerprint density at radius 1 is 1.28 bits per heavy atom. The van der Waals surface area contributed by atoms with Crippen molar-refractivity contribution in [2.75, 3.05) is 19.5 Å². The van der Waals surface area contributed by atoms with E-state index < -0.39 is 53.0 Å². The van der Waals surface area contributed by atoms with Crippen molar-refractivity contribution in [3.8, 4) is 5.75 Å². The number of methoxy groups -OCH3 is 1. The molecule has 3 rings (SSSR count). The molecule has 1 amide bonds. The number of ether oxygens (including phenoxy) is 2. The lowest BCUT2D eigenvalue weighted by molar-refractivity contribution is -0.606. The number of rotatable bonds is 6. The Kier molecular flexibility index (Phi) is 7.30. The van der Waals surface area contributed by atoms with Gasteiger partial charge in [-0.25, -0.2) is 4.39 Å². The lowest BCUT2D eigenvalue weighted by Gasteiger charge is -2.32. The summed E-state index contributed by atoms with van der Waals surface area (Å²) < 4.78 is 80.9. The molecule has 2 aromatic rings. The largest absolute Gasteiger partial charge is 0.618 e. The second-order valence-corrected chi connectivity index (χ2v) is 8.22. The summed E-state index contributed by atoms with van der Waals surface area (Å²) >= 11 is 0. The molecule has 0 spiro atoms. The van der Waals surface area contributed by atoms with Crippen LogP contribution in [0, 0.1) is 22.8 Å². The Balaban J connectivity index is 2.07. The second-order valence-electron chi connectivity index (χ2n) is 8.22. The van der Waals surface area contributed by atoms with Gasteiger partial charge in [0.15, 0.2) is 23.4 Å². The minimum absolute atomic E-state index is 0.0239. The van der Waals surface area contributed by atoms with Crippen LogP contribution in [0.25, 0.3) is 0 Å². The first kappa shape index (κ1) is 26.9. The Morgan fingerprint density at radius 2 is 1.94 bits per heavy atom. The molecule has 1 aromatic heterocycles. The molecule has 1 fully saturated rings. The number of nitrogens with two attached hydrogens (primary N) is 1. The summed E-state index contributed by atoms with van der Waals surface area (Å²) in [7, 11) is 2.21. The van der Waals surface area contributed by atoms with E-state index in [1.807, 2.05) is 0 Å². The summed E-state index contributed by atoms with van der Waals surface area (Å²) in [5.74, 6) is -7.52. The zero-order valence-electron chi connectivity index (χ0n) is 19.5. The van der Waals surface area contributed by atoms with Crippen LogP contribution in [-0.2, 0) is 14.4 Å². The number of aromatic nitrogens is 1. The first-order valence-electron chi connectivity index (χ1n) is 10.4. The summed E-state index contributed by atoms with van der Waals surface area (Å²) in [6.45, 7) is 1.96. The highest BCUT2D eigenvalue weighted by Gasteiger charge is 2.65. The molecule has 2 heterocycles. The van der Waals surface area contributed by atoms with Gasteiger partial charge >= 0.3 is 6.18 Å². The molecular weight excluding hydrogens is 495 g/mol. The number of anilines is 1. The molecule has 0 aliphatic carbocycles. The van der Waals surface area contributed by atoms with E-state index in [0.29, 0.717) is 4.73 Å². The zero-order valence-corrected chi connectivity index (χ0v) is 19.5. The van der Waals surface area contributed by atoms with E-state index in [-0.39, 0.29) is 22.8 Å². The molecular formula is C22H23F5N4O5. The maximum absolute atomic E-state index is 14.4. The number of hydrogen-bond acceptors (Lipinski definition) is 6. The third kappa shape index (κ3) is 4.59. The fourth-order valence-corrected chi connectivity index (χ4v) is 4.15. The number of pyridine rings is 1. The van der Waals surface area contributed by atoms with Crippen LogP contribution in [0.15, 0.2) is 35.6 Å². The number of oxime groups is 1. The van der Waals surface area contributed by atoms with Crippen LogP contribution in [0.1, 0.15) is 31.0 Å². The fourth-order valence-electron chi connectivity index (χ4n) is 4.15. The number of halogens is 5. The monoisotopic (exact) mass is 518 g/mol. The van der Waals surface area contributed by atoms with Crippen molar-refractivity contribution in [3.63, 3.8) is 0 Å². The molecule has 196 valence electrons. The number of hydrogen-bond donors (Lipinski definition) is 2. The van der Waals surface area contributed by atoms with Gasteiger partial charge in [0.2, 0.25) is 11.7 Å². The predicted molar refractivity (Wildman–Crippen MR) is 116 cm³/mol. The average molecular weight is 518 g/mol. The van der Waals surface area contributed by atoms with Gasteiger partial charge < -0.3 is 30.6 Å². The van der Waals surface area contributed by atoms with Crippen molar-refractivity contribution >= 4 is 17.4 Å². The second kappa shape index (κ2) is 9.76. The predicted octanol–water partition coefficient (Wildman–Crippen LogP) is 2.95. The van der Waals surface area contributed by atoms with Crippen LogP contribution in [-0.4, -0.2) is 43.8 Å². The summed E-state index contributed by atoms with van der Waals surface area (Å²) in [4.78, 5) is 17.7. The van der Waals surface area contributed by atoms with Crippen molar-refractivity contribution in [3.05, 3.63) is 58.6 Å². The first-order valence-corrected chi connectivity index (χ1v) is 10.4. The third-order valence-corrected chi connectivity index (χ3v) is 6.21. The van der Waals surface area contributed by atoms with E-state index in [2.05, 4.69) is 15.3 Å². The van der Waals surface area contributed by atoms with Gasteiger partial charge in [0.1, 0.15) is 13.2 Å². The molecule has 36 heavy (non-hydrogen) atoms. The number of benzene rings is 1. The highest BCUT2D eigenvalue weighted by molar-refractivity contribution is 5.98. The maximum atomic E-state index is 14.4. The van der Waals surface area contributed by atoms with Crippen molar-refractivity contribution in [2.24, 2.45) is 16.8 Å². The average Bonchev–Trinajstić information content (AvgIpc) is 3.09. The van der Waals surface area contributed by atoms with E-state index in [4.69, 9.17) is 15.2 Å². The van der Waals surface area contributed by atoms with Crippen molar-refractivity contribution in [1.82, 2.24) is 0 Å². The Hall–Kier alpha value is -3.68. The number of alkyl halides is 3. The zero-order chi connectivity index (χ0) is 27.0. The van der Waals surface area contributed by atoms with E-state index in [1.165, 1.54) is 20.1 Å². The van der Waals surface area contributed by atoms with E-state index in [1.54, 1.807) is 0 Å². The van der Waals surface area contributed by atoms with Crippen molar-refractivity contribution in [2.45, 2.75) is 37.6 Å². The Bertz CT molecular complexity index is 1190. The van der Waals surface area contributed by atoms with Gasteiger partial charge in [-0.05, 0) is 13.0 Å². The highest BCUT2D eigenvalue weighted by Crippen LogP contribution is 2.55. The van der Waals surface area contributed by atoms with Crippen LogP contribution < -0.4 is 20.5 Å². The number of nitrogens with one attached hydrogen (secondary N) is 1. The van der Waals surface area contributed by atoms with Crippen LogP contribution in [0.5, 0.6) is 5.75 Å². The molecule has 14 heteroatoms. The minimum Gasteiger partial charge on any atom is -0.618 e. The van der Waals surface area contributed by atoms with Crippen LogP contribution in [0.4, 0.5) is 27.6 Å². The van der Waals surface area contributed by atoms with Crippen LogP contribution in [0.2, 0.25) is 0 Å². The molecule has 1 saturated heterocycles. The molecule has 9 nitrogen and oxygen atoms in total. The molecule has 0 saturated carbocycles. The minimum atomic E-state index is -4.91. The SMILES string of the molecule is CO/N=C(\N)c1cc(NC(=O)[C@@H]2O[C@@](C)(C(F)(F)F)[C@@H](C)[C@H]2c2ccc(F)c(F)c2OC)cc[n+]1[O-]. The van der Waals surface area contributed by atoms with E-state index in [9.17, 15) is 32.0 Å². The molecule has 1 aliphatic heterocycles. The maximum Gasteiger partial charge on any atom is 0.417 e. The first-order chi connectivity index (χ1) is 16.8. The molecule has 0 unspecified atom stereocenters. The third-order valence-electron chi connectivity index (χ3n) is 6.21.